The van der Waals surface area contributed by atoms with E-state index in [1.807, 2.05) is 29.2 Å². The van der Waals surface area contributed by atoms with Gasteiger partial charge in [0, 0.05) is 36.1 Å². The topological polar surface area (TPSA) is 70.7 Å². The van der Waals surface area contributed by atoms with E-state index in [1.54, 1.807) is 24.3 Å². The van der Waals surface area contributed by atoms with Crippen molar-refractivity contribution in [2.75, 3.05) is 36.9 Å². The van der Waals surface area contributed by atoms with Crippen LogP contribution in [0.3, 0.4) is 0 Å². The molecular formula is C28H41N3O3. The molecule has 186 valence electrons. The Morgan fingerprint density at radius 2 is 1.53 bits per heavy atom. The molecule has 0 radical (unpaired) electrons. The molecule has 6 nitrogen and oxygen atoms in total. The number of carbonyl (C=O) groups is 2. The Hall–Kier alpha value is -3.02. The quantitative estimate of drug-likeness (QED) is 0.282. The minimum Gasteiger partial charge on any atom is -0.494 e. The predicted octanol–water partition coefficient (Wildman–Crippen LogP) is 6.35. The average Bonchev–Trinajstić information content (AvgIpc) is 2.85. The summed E-state index contributed by atoms with van der Waals surface area (Å²) in [6, 6.07) is 14.8. The molecule has 0 saturated carbocycles. The number of amides is 2. The summed E-state index contributed by atoms with van der Waals surface area (Å²) >= 11 is 0. The van der Waals surface area contributed by atoms with Gasteiger partial charge in [-0.1, -0.05) is 52.5 Å². The SMILES string of the molecule is CCCCCCCOc1cccc(NCC(=O)Nc2ccc(C(=O)N(CCC)CCC)cc2)c1. The van der Waals surface area contributed by atoms with Crippen LogP contribution in [0.4, 0.5) is 11.4 Å². The number of hydrogen-bond donors (Lipinski definition) is 2. The van der Waals surface area contributed by atoms with Gasteiger partial charge in [-0.15, -0.1) is 0 Å². The van der Waals surface area contributed by atoms with Crippen molar-refractivity contribution in [3.8, 4) is 5.75 Å². The number of ether oxygens (including phenoxy) is 1. The lowest BCUT2D eigenvalue weighted by molar-refractivity contribution is -0.114. The zero-order chi connectivity index (χ0) is 24.6. The molecule has 0 aliphatic rings. The van der Waals surface area contributed by atoms with Crippen LogP contribution in [0, 0.1) is 0 Å². The first kappa shape index (κ1) is 27.2. The number of anilines is 2. The second-order valence-electron chi connectivity index (χ2n) is 8.56. The lowest BCUT2D eigenvalue weighted by atomic mass is 10.1. The largest absolute Gasteiger partial charge is 0.494 e. The Balaban J connectivity index is 1.79. The number of carbonyl (C=O) groups excluding carboxylic acids is 2. The number of nitrogens with zero attached hydrogens (tertiary/aromatic N) is 1. The van der Waals surface area contributed by atoms with Gasteiger partial charge in [0.25, 0.3) is 5.91 Å². The molecule has 0 bridgehead atoms. The van der Waals surface area contributed by atoms with Gasteiger partial charge in [-0.25, -0.2) is 0 Å². The van der Waals surface area contributed by atoms with Crippen molar-refractivity contribution in [3.63, 3.8) is 0 Å². The van der Waals surface area contributed by atoms with Gasteiger partial charge in [-0.05, 0) is 55.7 Å². The molecular weight excluding hydrogens is 426 g/mol. The van der Waals surface area contributed by atoms with E-state index >= 15 is 0 Å². The zero-order valence-corrected chi connectivity index (χ0v) is 21.1. The van der Waals surface area contributed by atoms with E-state index in [4.69, 9.17) is 4.74 Å². The van der Waals surface area contributed by atoms with Crippen LogP contribution in [-0.4, -0.2) is 43.0 Å². The lowest BCUT2D eigenvalue weighted by Crippen LogP contribution is -2.32. The van der Waals surface area contributed by atoms with Crippen molar-refractivity contribution >= 4 is 23.2 Å². The number of nitrogens with one attached hydrogen (secondary N) is 2. The van der Waals surface area contributed by atoms with Gasteiger partial charge >= 0.3 is 0 Å². The van der Waals surface area contributed by atoms with Crippen molar-refractivity contribution in [2.45, 2.75) is 65.7 Å². The molecule has 0 aliphatic heterocycles. The Kier molecular flexibility index (Phi) is 12.6. The summed E-state index contributed by atoms with van der Waals surface area (Å²) in [6.45, 7) is 8.71. The summed E-state index contributed by atoms with van der Waals surface area (Å²) in [6.07, 6.45) is 7.88. The Morgan fingerprint density at radius 3 is 2.21 bits per heavy atom. The molecule has 0 heterocycles. The molecule has 0 aromatic heterocycles. The smallest absolute Gasteiger partial charge is 0.253 e. The van der Waals surface area contributed by atoms with Crippen molar-refractivity contribution in [3.05, 3.63) is 54.1 Å². The van der Waals surface area contributed by atoms with Gasteiger partial charge in [0.15, 0.2) is 0 Å². The highest BCUT2D eigenvalue weighted by atomic mass is 16.5. The molecule has 34 heavy (non-hydrogen) atoms. The minimum absolute atomic E-state index is 0.0336. The summed E-state index contributed by atoms with van der Waals surface area (Å²) < 4.78 is 5.84. The van der Waals surface area contributed by atoms with Crippen LogP contribution < -0.4 is 15.4 Å². The maximum absolute atomic E-state index is 12.7. The zero-order valence-electron chi connectivity index (χ0n) is 21.1. The van der Waals surface area contributed by atoms with Crippen LogP contribution in [0.25, 0.3) is 0 Å². The second-order valence-corrected chi connectivity index (χ2v) is 8.56. The van der Waals surface area contributed by atoms with Crippen LogP contribution in [0.5, 0.6) is 5.75 Å². The second kappa shape index (κ2) is 15.8. The molecule has 2 aromatic carbocycles. The maximum Gasteiger partial charge on any atom is 0.253 e. The molecule has 0 saturated heterocycles. The fraction of sp³-hybridized carbons (Fsp3) is 0.500. The van der Waals surface area contributed by atoms with Gasteiger partial charge in [-0.3, -0.25) is 9.59 Å². The van der Waals surface area contributed by atoms with E-state index in [0.29, 0.717) is 17.9 Å². The molecule has 0 spiro atoms. The van der Waals surface area contributed by atoms with Crippen molar-refractivity contribution < 1.29 is 14.3 Å². The van der Waals surface area contributed by atoms with E-state index in [0.717, 1.165) is 43.8 Å². The van der Waals surface area contributed by atoms with E-state index in [1.165, 1.54) is 25.7 Å². The third-order valence-electron chi connectivity index (χ3n) is 5.49. The highest BCUT2D eigenvalue weighted by Crippen LogP contribution is 2.18. The molecule has 2 aromatic rings. The minimum atomic E-state index is -0.153. The van der Waals surface area contributed by atoms with Crippen LogP contribution in [0.2, 0.25) is 0 Å². The Labute approximate surface area is 205 Å². The summed E-state index contributed by atoms with van der Waals surface area (Å²) in [7, 11) is 0. The average molecular weight is 468 g/mol. The number of hydrogen-bond acceptors (Lipinski definition) is 4. The third kappa shape index (κ3) is 9.86. The number of benzene rings is 2. The molecule has 0 atom stereocenters. The third-order valence-corrected chi connectivity index (χ3v) is 5.49. The van der Waals surface area contributed by atoms with Gasteiger partial charge in [0.2, 0.25) is 5.91 Å². The lowest BCUT2D eigenvalue weighted by Gasteiger charge is -2.21. The van der Waals surface area contributed by atoms with Gasteiger partial charge in [0.05, 0.1) is 13.2 Å². The number of rotatable bonds is 16. The fourth-order valence-corrected chi connectivity index (χ4v) is 3.71. The molecule has 2 N–H and O–H groups in total. The van der Waals surface area contributed by atoms with Gasteiger partial charge in [0.1, 0.15) is 5.75 Å². The highest BCUT2D eigenvalue weighted by Gasteiger charge is 2.14. The van der Waals surface area contributed by atoms with Gasteiger partial charge < -0.3 is 20.3 Å². The van der Waals surface area contributed by atoms with Crippen molar-refractivity contribution in [1.82, 2.24) is 4.90 Å². The van der Waals surface area contributed by atoms with Gasteiger partial charge in [-0.2, -0.15) is 0 Å². The first-order valence-electron chi connectivity index (χ1n) is 12.7. The first-order chi connectivity index (χ1) is 16.6. The van der Waals surface area contributed by atoms with Crippen LogP contribution in [0.15, 0.2) is 48.5 Å². The van der Waals surface area contributed by atoms with Crippen molar-refractivity contribution in [2.24, 2.45) is 0 Å². The summed E-state index contributed by atoms with van der Waals surface area (Å²) in [5, 5.41) is 6.02. The molecule has 0 aliphatic carbocycles. The molecule has 0 fully saturated rings. The first-order valence-corrected chi connectivity index (χ1v) is 12.7. The normalized spacial score (nSPS) is 10.6. The predicted molar refractivity (Wildman–Crippen MR) is 141 cm³/mol. The fourth-order valence-electron chi connectivity index (χ4n) is 3.71. The molecule has 2 rings (SSSR count). The summed E-state index contributed by atoms with van der Waals surface area (Å²) in [5.74, 6) is 0.688. The molecule has 0 unspecified atom stereocenters. The van der Waals surface area contributed by atoms with Crippen LogP contribution in [-0.2, 0) is 4.79 Å². The van der Waals surface area contributed by atoms with E-state index in [-0.39, 0.29) is 18.4 Å². The monoisotopic (exact) mass is 467 g/mol. The Morgan fingerprint density at radius 1 is 0.824 bits per heavy atom. The summed E-state index contributed by atoms with van der Waals surface area (Å²) in [4.78, 5) is 27.0. The highest BCUT2D eigenvalue weighted by molar-refractivity contribution is 5.96. The standard InChI is InChI=1S/C28H41N3O3/c1-4-7-8-9-10-20-34-26-13-11-12-25(21-26)29-22-27(32)30-24-16-14-23(15-17-24)28(33)31(18-5-2)19-6-3/h11-17,21,29H,4-10,18-20,22H2,1-3H3,(H,30,32). The maximum atomic E-state index is 12.7. The Bertz CT molecular complexity index is 861. The summed E-state index contributed by atoms with van der Waals surface area (Å²) in [5.41, 5.74) is 2.15. The van der Waals surface area contributed by atoms with Crippen LogP contribution >= 0.6 is 0 Å². The molecule has 6 heteroatoms. The van der Waals surface area contributed by atoms with E-state index in [9.17, 15) is 9.59 Å². The van der Waals surface area contributed by atoms with Crippen molar-refractivity contribution in [1.29, 1.82) is 0 Å². The van der Waals surface area contributed by atoms with Crippen LogP contribution in [0.1, 0.15) is 76.1 Å². The van der Waals surface area contributed by atoms with E-state index in [2.05, 4.69) is 31.4 Å². The molecule has 2 amide bonds. The van der Waals surface area contributed by atoms with E-state index < -0.39 is 0 Å². The number of unbranched alkanes of at least 4 members (excludes halogenated alkanes) is 4.